The number of ether oxygens (including phenoxy) is 1. The van der Waals surface area contributed by atoms with Crippen LogP contribution < -0.4 is 21.3 Å². The van der Waals surface area contributed by atoms with Crippen LogP contribution in [0.5, 0.6) is 5.75 Å². The predicted molar refractivity (Wildman–Crippen MR) is 109 cm³/mol. The van der Waals surface area contributed by atoms with E-state index >= 15 is 0 Å². The number of nitrogens with two attached hydrogens (primary N) is 1. The number of anilines is 1. The van der Waals surface area contributed by atoms with Crippen molar-refractivity contribution in [2.45, 2.75) is 40.2 Å². The molecule has 3 aromatic rings. The molecule has 1 amide bonds. The number of nitrogens with zero attached hydrogens (tertiary/aromatic N) is 3. The van der Waals surface area contributed by atoms with Gasteiger partial charge in [0, 0.05) is 17.3 Å². The van der Waals surface area contributed by atoms with Crippen molar-refractivity contribution in [3.05, 3.63) is 41.2 Å². The SMILES string of the molecule is CCC(Nc1cc(C)nc2c(-c3ccc(OC)cc3C)c(C)nn12)C(=O)NN. The summed E-state index contributed by atoms with van der Waals surface area (Å²) in [6, 6.07) is 7.35. The fraction of sp³-hybridized carbons (Fsp3) is 0.350. The number of methoxy groups -OCH3 is 1. The van der Waals surface area contributed by atoms with Gasteiger partial charge in [0.1, 0.15) is 17.6 Å². The molecule has 0 saturated heterocycles. The first-order valence-electron chi connectivity index (χ1n) is 9.18. The summed E-state index contributed by atoms with van der Waals surface area (Å²) in [5, 5.41) is 7.92. The number of carbonyl (C=O) groups is 1. The van der Waals surface area contributed by atoms with Crippen LogP contribution in [0.4, 0.5) is 5.82 Å². The highest BCUT2D eigenvalue weighted by molar-refractivity contribution is 5.85. The van der Waals surface area contributed by atoms with Gasteiger partial charge in [-0.3, -0.25) is 10.2 Å². The summed E-state index contributed by atoms with van der Waals surface area (Å²) >= 11 is 0. The second-order valence-corrected chi connectivity index (χ2v) is 6.77. The van der Waals surface area contributed by atoms with Gasteiger partial charge < -0.3 is 10.1 Å². The quantitative estimate of drug-likeness (QED) is 0.344. The molecule has 1 aromatic carbocycles. The first kappa shape index (κ1) is 19.6. The Bertz CT molecular complexity index is 1030. The molecular weight excluding hydrogens is 356 g/mol. The largest absolute Gasteiger partial charge is 0.497 e. The molecule has 0 saturated carbocycles. The standard InChI is InChI=1S/C20H26N6O2/c1-6-16(20(27)24-21)23-17-10-12(3)22-19-18(13(4)25-26(17)19)15-8-7-14(28-5)9-11(15)2/h7-10,16,23H,6,21H2,1-5H3,(H,24,27). The van der Waals surface area contributed by atoms with E-state index in [4.69, 9.17) is 15.6 Å². The lowest BCUT2D eigenvalue weighted by molar-refractivity contribution is -0.121. The Morgan fingerprint density at radius 1 is 1.29 bits per heavy atom. The zero-order valence-corrected chi connectivity index (χ0v) is 16.8. The van der Waals surface area contributed by atoms with Gasteiger partial charge in [0.25, 0.3) is 5.91 Å². The first-order valence-corrected chi connectivity index (χ1v) is 9.18. The van der Waals surface area contributed by atoms with Gasteiger partial charge in [0.05, 0.1) is 12.8 Å². The van der Waals surface area contributed by atoms with E-state index in [1.807, 2.05) is 52.0 Å². The average Bonchev–Trinajstić information content (AvgIpc) is 3.01. The third-order valence-electron chi connectivity index (χ3n) is 4.78. The molecule has 8 nitrogen and oxygen atoms in total. The summed E-state index contributed by atoms with van der Waals surface area (Å²) in [5.74, 6) is 6.53. The normalized spacial score (nSPS) is 12.1. The molecule has 0 aliphatic rings. The Balaban J connectivity index is 2.16. The van der Waals surface area contributed by atoms with Crippen LogP contribution in [-0.4, -0.2) is 33.7 Å². The van der Waals surface area contributed by atoms with E-state index in [-0.39, 0.29) is 5.91 Å². The minimum atomic E-state index is -0.467. The van der Waals surface area contributed by atoms with E-state index < -0.39 is 6.04 Å². The topological polar surface area (TPSA) is 107 Å². The van der Waals surface area contributed by atoms with Crippen molar-refractivity contribution >= 4 is 17.4 Å². The van der Waals surface area contributed by atoms with Gasteiger partial charge in [0.15, 0.2) is 5.65 Å². The van der Waals surface area contributed by atoms with Gasteiger partial charge in [-0.2, -0.15) is 9.61 Å². The lowest BCUT2D eigenvalue weighted by Gasteiger charge is -2.17. The summed E-state index contributed by atoms with van der Waals surface area (Å²) in [7, 11) is 1.65. The molecule has 0 aliphatic heterocycles. The maximum absolute atomic E-state index is 12.0. The van der Waals surface area contributed by atoms with Gasteiger partial charge in [-0.1, -0.05) is 13.0 Å². The highest BCUT2D eigenvalue weighted by Gasteiger charge is 2.21. The number of rotatable bonds is 6. The minimum absolute atomic E-state index is 0.278. The fourth-order valence-electron chi connectivity index (χ4n) is 3.34. The number of hydrazine groups is 1. The van der Waals surface area contributed by atoms with Gasteiger partial charge in [-0.15, -0.1) is 0 Å². The van der Waals surface area contributed by atoms with Crippen LogP contribution in [0, 0.1) is 20.8 Å². The van der Waals surface area contributed by atoms with E-state index in [0.29, 0.717) is 12.2 Å². The molecule has 148 valence electrons. The summed E-state index contributed by atoms with van der Waals surface area (Å²) in [6.07, 6.45) is 0.580. The molecular formula is C20H26N6O2. The van der Waals surface area contributed by atoms with Crippen LogP contribution in [-0.2, 0) is 4.79 Å². The number of amides is 1. The maximum Gasteiger partial charge on any atom is 0.256 e. The molecule has 3 rings (SSSR count). The summed E-state index contributed by atoms with van der Waals surface area (Å²) in [5.41, 5.74) is 7.69. The summed E-state index contributed by atoms with van der Waals surface area (Å²) in [4.78, 5) is 16.7. The van der Waals surface area contributed by atoms with Gasteiger partial charge in [0.2, 0.25) is 0 Å². The van der Waals surface area contributed by atoms with Gasteiger partial charge in [-0.25, -0.2) is 10.8 Å². The van der Waals surface area contributed by atoms with Crippen LogP contribution >= 0.6 is 0 Å². The van der Waals surface area contributed by atoms with E-state index in [0.717, 1.165) is 39.5 Å². The van der Waals surface area contributed by atoms with Crippen molar-refractivity contribution in [2.75, 3.05) is 12.4 Å². The smallest absolute Gasteiger partial charge is 0.256 e. The number of carbonyl (C=O) groups excluding carboxylic acids is 1. The third kappa shape index (κ3) is 3.50. The Kier molecular flexibility index (Phi) is 5.51. The van der Waals surface area contributed by atoms with Crippen LogP contribution in [0.25, 0.3) is 16.8 Å². The first-order chi connectivity index (χ1) is 13.4. The Labute approximate surface area is 164 Å². The second-order valence-electron chi connectivity index (χ2n) is 6.77. The van der Waals surface area contributed by atoms with E-state index in [9.17, 15) is 4.79 Å². The Hall–Kier alpha value is -3.13. The van der Waals surface area contributed by atoms with Gasteiger partial charge >= 0.3 is 0 Å². The molecule has 8 heteroatoms. The van der Waals surface area contributed by atoms with Crippen molar-refractivity contribution in [3.8, 4) is 16.9 Å². The van der Waals surface area contributed by atoms with E-state index in [1.54, 1.807) is 11.6 Å². The molecule has 0 spiro atoms. The molecule has 1 atom stereocenters. The Morgan fingerprint density at radius 3 is 2.64 bits per heavy atom. The van der Waals surface area contributed by atoms with Crippen LogP contribution in [0.2, 0.25) is 0 Å². The predicted octanol–water partition coefficient (Wildman–Crippen LogP) is 2.51. The Morgan fingerprint density at radius 2 is 2.04 bits per heavy atom. The van der Waals surface area contributed by atoms with Crippen molar-refractivity contribution in [1.29, 1.82) is 0 Å². The van der Waals surface area contributed by atoms with E-state index in [2.05, 4.69) is 15.8 Å². The molecule has 0 aliphatic carbocycles. The third-order valence-corrected chi connectivity index (χ3v) is 4.78. The monoisotopic (exact) mass is 382 g/mol. The lowest BCUT2D eigenvalue weighted by Crippen LogP contribution is -2.43. The highest BCUT2D eigenvalue weighted by atomic mass is 16.5. The molecule has 0 radical (unpaired) electrons. The van der Waals surface area contributed by atoms with Crippen molar-refractivity contribution in [3.63, 3.8) is 0 Å². The number of hydrogen-bond acceptors (Lipinski definition) is 6. The number of aryl methyl sites for hydroxylation is 3. The summed E-state index contributed by atoms with van der Waals surface area (Å²) in [6.45, 7) is 7.83. The van der Waals surface area contributed by atoms with Crippen molar-refractivity contribution in [2.24, 2.45) is 5.84 Å². The van der Waals surface area contributed by atoms with Crippen molar-refractivity contribution < 1.29 is 9.53 Å². The zero-order chi connectivity index (χ0) is 20.4. The van der Waals surface area contributed by atoms with Gasteiger partial charge in [-0.05, 0) is 50.5 Å². The highest BCUT2D eigenvalue weighted by Crippen LogP contribution is 2.33. The maximum atomic E-state index is 12.0. The average molecular weight is 382 g/mol. The number of aromatic nitrogens is 3. The molecule has 0 bridgehead atoms. The lowest BCUT2D eigenvalue weighted by atomic mass is 10.0. The molecule has 1 unspecified atom stereocenters. The zero-order valence-electron chi connectivity index (χ0n) is 16.8. The minimum Gasteiger partial charge on any atom is -0.497 e. The summed E-state index contributed by atoms with van der Waals surface area (Å²) < 4.78 is 7.06. The number of nitrogens with one attached hydrogen (secondary N) is 2. The molecule has 4 N–H and O–H groups in total. The van der Waals surface area contributed by atoms with Crippen LogP contribution in [0.3, 0.4) is 0 Å². The van der Waals surface area contributed by atoms with E-state index in [1.165, 1.54) is 0 Å². The number of hydrogen-bond donors (Lipinski definition) is 3. The number of fused-ring (bicyclic) bond motifs is 1. The fourth-order valence-corrected chi connectivity index (χ4v) is 3.34. The molecule has 0 fully saturated rings. The molecule has 28 heavy (non-hydrogen) atoms. The second kappa shape index (κ2) is 7.85. The molecule has 2 aromatic heterocycles. The van der Waals surface area contributed by atoms with Crippen LogP contribution in [0.1, 0.15) is 30.3 Å². The number of benzene rings is 1. The van der Waals surface area contributed by atoms with Crippen LogP contribution in [0.15, 0.2) is 24.3 Å². The van der Waals surface area contributed by atoms with Crippen molar-refractivity contribution in [1.82, 2.24) is 20.0 Å². The molecule has 2 heterocycles.